The first-order valence-electron chi connectivity index (χ1n) is 10.5. The number of pyridine rings is 1. The minimum Gasteiger partial charge on any atom is -0.494 e. The van der Waals surface area contributed by atoms with Crippen LogP contribution in [0, 0.1) is 0 Å². The fraction of sp³-hybridized carbons (Fsp3) is 0.522. The summed E-state index contributed by atoms with van der Waals surface area (Å²) >= 11 is 0. The zero-order valence-electron chi connectivity index (χ0n) is 17.4. The summed E-state index contributed by atoms with van der Waals surface area (Å²) in [5, 5.41) is 10.5. The van der Waals surface area contributed by atoms with E-state index in [0.29, 0.717) is 23.1 Å². The molecule has 158 valence electrons. The number of carboxylic acid groups (broad SMARTS) is 1. The average molecular weight is 402 g/mol. The first kappa shape index (κ1) is 22.7. The first-order valence-corrected chi connectivity index (χ1v) is 10.5. The van der Waals surface area contributed by atoms with Gasteiger partial charge in [-0.15, -0.1) is 0 Å². The van der Waals surface area contributed by atoms with Gasteiger partial charge < -0.3 is 14.6 Å². The number of esters is 1. The lowest BCUT2D eigenvalue weighted by Crippen LogP contribution is -2.12. The van der Waals surface area contributed by atoms with E-state index in [-0.39, 0.29) is 18.0 Å². The molecule has 0 amide bonds. The van der Waals surface area contributed by atoms with Crippen molar-refractivity contribution in [2.24, 2.45) is 0 Å². The van der Waals surface area contributed by atoms with E-state index in [4.69, 9.17) is 9.47 Å². The molecule has 0 bridgehead atoms. The summed E-state index contributed by atoms with van der Waals surface area (Å²) in [5.41, 5.74) is -0.165. The monoisotopic (exact) mass is 401 g/mol. The Morgan fingerprint density at radius 3 is 2.38 bits per heavy atom. The third-order valence-corrected chi connectivity index (χ3v) is 4.71. The van der Waals surface area contributed by atoms with Crippen molar-refractivity contribution in [3.8, 4) is 5.75 Å². The number of benzene rings is 1. The normalized spacial score (nSPS) is 10.8. The number of carbonyl (C=O) groups excluding carboxylic acids is 1. The second-order valence-corrected chi connectivity index (χ2v) is 7.15. The zero-order chi connectivity index (χ0) is 21.1. The van der Waals surface area contributed by atoms with Gasteiger partial charge in [0.2, 0.25) is 0 Å². The van der Waals surface area contributed by atoms with Crippen molar-refractivity contribution in [2.45, 2.75) is 65.2 Å². The van der Waals surface area contributed by atoms with Crippen molar-refractivity contribution in [1.82, 2.24) is 4.98 Å². The lowest BCUT2D eigenvalue weighted by molar-refractivity contribution is 0.0495. The van der Waals surface area contributed by atoms with Gasteiger partial charge >= 0.3 is 11.9 Å². The summed E-state index contributed by atoms with van der Waals surface area (Å²) in [4.78, 5) is 27.9. The van der Waals surface area contributed by atoms with Crippen LogP contribution in [-0.4, -0.2) is 35.2 Å². The van der Waals surface area contributed by atoms with Crippen molar-refractivity contribution in [3.05, 3.63) is 35.7 Å². The maximum Gasteiger partial charge on any atom is 0.357 e. The molecule has 2 rings (SSSR count). The molecule has 0 unspecified atom stereocenters. The molecule has 0 spiro atoms. The molecular weight excluding hydrogens is 370 g/mol. The Labute approximate surface area is 172 Å². The molecule has 0 fully saturated rings. The van der Waals surface area contributed by atoms with Crippen LogP contribution in [0.5, 0.6) is 5.75 Å². The number of hydrogen-bond acceptors (Lipinski definition) is 5. The van der Waals surface area contributed by atoms with Gasteiger partial charge in [0, 0.05) is 5.39 Å². The van der Waals surface area contributed by atoms with Crippen LogP contribution in [0.2, 0.25) is 0 Å². The molecule has 0 aliphatic rings. The average Bonchev–Trinajstić information content (AvgIpc) is 2.72. The summed E-state index contributed by atoms with van der Waals surface area (Å²) in [7, 11) is 0. The number of fused-ring (bicyclic) bond motifs is 1. The number of carbonyl (C=O) groups is 2. The van der Waals surface area contributed by atoms with Gasteiger partial charge in [-0.2, -0.15) is 0 Å². The summed E-state index contributed by atoms with van der Waals surface area (Å²) < 4.78 is 11.1. The number of unbranched alkanes of at least 4 members (excludes halogenated alkanes) is 6. The summed E-state index contributed by atoms with van der Waals surface area (Å²) in [6.45, 7) is 5.09. The van der Waals surface area contributed by atoms with Crippen LogP contribution in [0.1, 0.15) is 86.2 Å². The molecule has 6 nitrogen and oxygen atoms in total. The topological polar surface area (TPSA) is 85.7 Å². The molecule has 0 aliphatic heterocycles. The Hall–Kier alpha value is -2.63. The Morgan fingerprint density at radius 1 is 0.931 bits per heavy atom. The van der Waals surface area contributed by atoms with Gasteiger partial charge in [-0.05, 0) is 36.4 Å². The van der Waals surface area contributed by atoms with Crippen molar-refractivity contribution in [1.29, 1.82) is 0 Å². The minimum atomic E-state index is -1.18. The van der Waals surface area contributed by atoms with E-state index in [1.165, 1.54) is 31.7 Å². The number of aromatic carboxylic acids is 1. The van der Waals surface area contributed by atoms with Crippen LogP contribution in [0.25, 0.3) is 10.8 Å². The van der Waals surface area contributed by atoms with Crippen LogP contribution < -0.4 is 4.74 Å². The highest BCUT2D eigenvalue weighted by molar-refractivity contribution is 6.05. The fourth-order valence-electron chi connectivity index (χ4n) is 3.03. The third kappa shape index (κ3) is 7.04. The summed E-state index contributed by atoms with van der Waals surface area (Å²) in [6.07, 6.45) is 8.72. The van der Waals surface area contributed by atoms with Gasteiger partial charge in [0.1, 0.15) is 11.4 Å². The molecule has 0 atom stereocenters. The molecule has 1 heterocycles. The number of carboxylic acids is 1. The smallest absolute Gasteiger partial charge is 0.357 e. The molecule has 0 aliphatic carbocycles. The van der Waals surface area contributed by atoms with Crippen molar-refractivity contribution < 1.29 is 24.2 Å². The third-order valence-electron chi connectivity index (χ3n) is 4.71. The molecule has 1 N–H and O–H groups in total. The maximum absolute atomic E-state index is 12.5. The van der Waals surface area contributed by atoms with E-state index in [1.807, 2.05) is 6.92 Å². The Kier molecular flexibility index (Phi) is 9.41. The molecule has 1 aromatic heterocycles. The Bertz CT molecular complexity index is 818. The van der Waals surface area contributed by atoms with E-state index < -0.39 is 11.9 Å². The van der Waals surface area contributed by atoms with Gasteiger partial charge in [-0.1, -0.05) is 58.4 Å². The molecule has 0 saturated carbocycles. The highest BCUT2D eigenvalue weighted by atomic mass is 16.5. The van der Waals surface area contributed by atoms with E-state index in [2.05, 4.69) is 11.9 Å². The van der Waals surface area contributed by atoms with Crippen LogP contribution >= 0.6 is 0 Å². The molecule has 6 heteroatoms. The number of rotatable bonds is 13. The fourth-order valence-corrected chi connectivity index (χ4v) is 3.03. The van der Waals surface area contributed by atoms with Gasteiger partial charge in [0.15, 0.2) is 5.69 Å². The van der Waals surface area contributed by atoms with Crippen molar-refractivity contribution in [2.75, 3.05) is 13.2 Å². The minimum absolute atomic E-state index is 0.0148. The Balaban J connectivity index is 2.13. The lowest BCUT2D eigenvalue weighted by atomic mass is 10.1. The van der Waals surface area contributed by atoms with Gasteiger partial charge in [0.05, 0.1) is 13.2 Å². The quantitative estimate of drug-likeness (QED) is 0.346. The van der Waals surface area contributed by atoms with Gasteiger partial charge in [-0.3, -0.25) is 0 Å². The SMILES string of the molecule is CCCCCCCCOc1ccc2cc(C(=O)O)nc(C(=O)OCCCC)c2c1. The van der Waals surface area contributed by atoms with Crippen molar-refractivity contribution >= 4 is 22.7 Å². The molecule has 0 radical (unpaired) electrons. The largest absolute Gasteiger partial charge is 0.494 e. The second-order valence-electron chi connectivity index (χ2n) is 7.15. The van der Waals surface area contributed by atoms with Gasteiger partial charge in [0.25, 0.3) is 0 Å². The molecule has 0 saturated heterocycles. The predicted molar refractivity (Wildman–Crippen MR) is 113 cm³/mol. The Morgan fingerprint density at radius 2 is 1.66 bits per heavy atom. The molecule has 2 aromatic rings. The van der Waals surface area contributed by atoms with E-state index >= 15 is 0 Å². The van der Waals surface area contributed by atoms with Gasteiger partial charge in [-0.25, -0.2) is 14.6 Å². The van der Waals surface area contributed by atoms with Crippen LogP contribution in [0.4, 0.5) is 0 Å². The number of ether oxygens (including phenoxy) is 2. The molecular formula is C23H31NO5. The maximum atomic E-state index is 12.5. The first-order chi connectivity index (χ1) is 14.1. The standard InChI is InChI=1S/C23H31NO5/c1-3-5-7-8-9-10-14-28-18-12-11-17-15-20(22(25)26)24-21(19(17)16-18)23(27)29-13-6-4-2/h11-12,15-16H,3-10,13-14H2,1-2H3,(H,25,26). The summed E-state index contributed by atoms with van der Waals surface area (Å²) in [6, 6.07) is 6.74. The predicted octanol–water partition coefficient (Wildman–Crippen LogP) is 5.63. The van der Waals surface area contributed by atoms with E-state index in [9.17, 15) is 14.7 Å². The van der Waals surface area contributed by atoms with E-state index in [0.717, 1.165) is 25.7 Å². The molecule has 1 aromatic carbocycles. The molecule has 29 heavy (non-hydrogen) atoms. The summed E-state index contributed by atoms with van der Waals surface area (Å²) in [5.74, 6) is -1.16. The highest BCUT2D eigenvalue weighted by Gasteiger charge is 2.18. The van der Waals surface area contributed by atoms with Crippen LogP contribution in [-0.2, 0) is 4.74 Å². The number of hydrogen-bond donors (Lipinski definition) is 1. The zero-order valence-corrected chi connectivity index (χ0v) is 17.4. The van der Waals surface area contributed by atoms with Crippen LogP contribution in [0.3, 0.4) is 0 Å². The lowest BCUT2D eigenvalue weighted by Gasteiger charge is -2.11. The van der Waals surface area contributed by atoms with E-state index in [1.54, 1.807) is 18.2 Å². The highest BCUT2D eigenvalue weighted by Crippen LogP contribution is 2.25. The van der Waals surface area contributed by atoms with Crippen molar-refractivity contribution in [3.63, 3.8) is 0 Å². The number of nitrogens with zero attached hydrogens (tertiary/aromatic N) is 1. The second kappa shape index (κ2) is 12.0. The van der Waals surface area contributed by atoms with Crippen LogP contribution in [0.15, 0.2) is 24.3 Å². The number of aromatic nitrogens is 1.